The van der Waals surface area contributed by atoms with Gasteiger partial charge in [-0.25, -0.2) is 9.78 Å². The van der Waals surface area contributed by atoms with E-state index in [9.17, 15) is 9.59 Å². The lowest BCUT2D eigenvalue weighted by molar-refractivity contribution is 0.0600. The van der Waals surface area contributed by atoms with E-state index in [-0.39, 0.29) is 5.56 Å². The molecule has 0 aliphatic rings. The predicted molar refractivity (Wildman–Crippen MR) is 94.4 cm³/mol. The van der Waals surface area contributed by atoms with Gasteiger partial charge in [0.1, 0.15) is 15.0 Å². The van der Waals surface area contributed by atoms with Crippen LogP contribution < -0.4 is 5.56 Å². The molecular weight excluding hydrogens is 340 g/mol. The van der Waals surface area contributed by atoms with Crippen molar-refractivity contribution in [1.82, 2.24) is 20.0 Å². The van der Waals surface area contributed by atoms with E-state index in [1.165, 1.54) is 23.1 Å². The van der Waals surface area contributed by atoms with Crippen LogP contribution in [-0.2, 0) is 4.74 Å². The average Bonchev–Trinajstić information content (AvgIpc) is 3.00. The van der Waals surface area contributed by atoms with E-state index in [1.54, 1.807) is 24.3 Å². The number of aromatic nitrogens is 4. The van der Waals surface area contributed by atoms with Gasteiger partial charge in [0.25, 0.3) is 5.56 Å². The minimum atomic E-state index is -0.439. The van der Waals surface area contributed by atoms with Crippen molar-refractivity contribution in [2.24, 2.45) is 0 Å². The number of aryl methyl sites for hydroxylation is 1. The van der Waals surface area contributed by atoms with E-state index < -0.39 is 5.97 Å². The average molecular weight is 352 g/mol. The summed E-state index contributed by atoms with van der Waals surface area (Å²) >= 11 is 1.30. The summed E-state index contributed by atoms with van der Waals surface area (Å²) in [5.74, 6) is -0.439. The van der Waals surface area contributed by atoms with Crippen LogP contribution in [0.25, 0.3) is 26.1 Å². The number of fused-ring (bicyclic) bond motifs is 3. The number of rotatable bonds is 2. The van der Waals surface area contributed by atoms with Crippen LogP contribution in [0.1, 0.15) is 16.1 Å². The van der Waals surface area contributed by atoms with Crippen molar-refractivity contribution < 1.29 is 9.53 Å². The lowest BCUT2D eigenvalue weighted by atomic mass is 10.2. The van der Waals surface area contributed by atoms with E-state index in [2.05, 4.69) is 20.0 Å². The molecule has 0 spiro atoms. The van der Waals surface area contributed by atoms with Crippen molar-refractivity contribution in [1.29, 1.82) is 0 Å². The van der Waals surface area contributed by atoms with Crippen LogP contribution in [0.4, 0.5) is 0 Å². The van der Waals surface area contributed by atoms with Crippen molar-refractivity contribution in [2.45, 2.75) is 6.92 Å². The molecule has 3 aromatic heterocycles. The summed E-state index contributed by atoms with van der Waals surface area (Å²) in [4.78, 5) is 29.5. The highest BCUT2D eigenvalue weighted by Crippen LogP contribution is 2.28. The first-order valence-electron chi connectivity index (χ1n) is 7.43. The molecule has 0 saturated heterocycles. The molecule has 0 N–H and O–H groups in total. The third-order valence-electron chi connectivity index (χ3n) is 3.82. The maximum atomic E-state index is 12.8. The summed E-state index contributed by atoms with van der Waals surface area (Å²) in [6, 6.07) is 10.2. The first kappa shape index (κ1) is 15.4. The lowest BCUT2D eigenvalue weighted by Crippen LogP contribution is -2.21. The fourth-order valence-electron chi connectivity index (χ4n) is 2.55. The summed E-state index contributed by atoms with van der Waals surface area (Å²) < 4.78 is 6.38. The van der Waals surface area contributed by atoms with Gasteiger partial charge in [0.05, 0.1) is 18.4 Å². The van der Waals surface area contributed by atoms with Gasteiger partial charge in [0.15, 0.2) is 0 Å². The molecule has 0 aliphatic carbocycles. The van der Waals surface area contributed by atoms with Gasteiger partial charge in [0.2, 0.25) is 0 Å². The highest BCUT2D eigenvalue weighted by atomic mass is 32.1. The van der Waals surface area contributed by atoms with Gasteiger partial charge in [-0.1, -0.05) is 5.21 Å². The molecule has 0 unspecified atom stereocenters. The first-order chi connectivity index (χ1) is 12.1. The van der Waals surface area contributed by atoms with Crippen LogP contribution in [0.2, 0.25) is 0 Å². The van der Waals surface area contributed by atoms with Crippen molar-refractivity contribution >= 4 is 37.7 Å². The first-order valence-corrected chi connectivity index (χ1v) is 8.25. The summed E-state index contributed by atoms with van der Waals surface area (Å²) in [5.41, 5.74) is 2.09. The number of thiophene rings is 1. The lowest BCUT2D eigenvalue weighted by Gasteiger charge is -2.04. The van der Waals surface area contributed by atoms with Crippen LogP contribution >= 0.6 is 11.3 Å². The summed E-state index contributed by atoms with van der Waals surface area (Å²) in [7, 11) is 1.32. The summed E-state index contributed by atoms with van der Waals surface area (Å²) in [5, 5.41) is 9.06. The van der Waals surface area contributed by atoms with Gasteiger partial charge in [-0.05, 0) is 43.3 Å². The Morgan fingerprint density at radius 2 is 1.92 bits per heavy atom. The van der Waals surface area contributed by atoms with Crippen LogP contribution in [0.5, 0.6) is 0 Å². The molecule has 0 atom stereocenters. The van der Waals surface area contributed by atoms with Gasteiger partial charge >= 0.3 is 5.97 Å². The number of carbonyl (C=O) groups is 1. The standard InChI is InChI=1S/C17H12N4O3S/c1-9-3-8-12-13-14(25-15(12)18-9)16(22)21(20-19-13)11-6-4-10(5-7-11)17(23)24-2/h3-8H,1-2H3. The van der Waals surface area contributed by atoms with E-state index in [0.717, 1.165) is 15.9 Å². The molecule has 0 fully saturated rings. The molecule has 8 heteroatoms. The Bertz CT molecular complexity index is 1180. The third-order valence-corrected chi connectivity index (χ3v) is 4.90. The zero-order chi connectivity index (χ0) is 17.6. The van der Waals surface area contributed by atoms with Crippen molar-refractivity contribution in [3.8, 4) is 5.69 Å². The van der Waals surface area contributed by atoms with E-state index in [0.29, 0.717) is 21.5 Å². The molecule has 4 rings (SSSR count). The van der Waals surface area contributed by atoms with Gasteiger partial charge < -0.3 is 4.74 Å². The highest BCUT2D eigenvalue weighted by molar-refractivity contribution is 7.25. The molecule has 1 aromatic carbocycles. The second-order valence-corrected chi connectivity index (χ2v) is 6.43. The Morgan fingerprint density at radius 1 is 1.16 bits per heavy atom. The van der Waals surface area contributed by atoms with E-state index in [1.807, 2.05) is 19.1 Å². The number of hydrogen-bond acceptors (Lipinski definition) is 7. The molecule has 0 radical (unpaired) electrons. The monoisotopic (exact) mass is 352 g/mol. The Balaban J connectivity index is 1.88. The molecule has 25 heavy (non-hydrogen) atoms. The van der Waals surface area contributed by atoms with Crippen LogP contribution in [0.15, 0.2) is 41.2 Å². The predicted octanol–water partition coefficient (Wildman–Crippen LogP) is 2.49. The summed E-state index contributed by atoms with van der Waals surface area (Å²) in [6.45, 7) is 1.90. The number of hydrogen-bond donors (Lipinski definition) is 0. The maximum Gasteiger partial charge on any atom is 0.337 e. The number of pyridine rings is 1. The van der Waals surface area contributed by atoms with Gasteiger partial charge in [-0.3, -0.25) is 4.79 Å². The summed E-state index contributed by atoms with van der Waals surface area (Å²) in [6.07, 6.45) is 0. The molecular formula is C17H12N4O3S. The largest absolute Gasteiger partial charge is 0.465 e. The number of esters is 1. The van der Waals surface area contributed by atoms with Gasteiger partial charge in [0, 0.05) is 11.1 Å². The topological polar surface area (TPSA) is 87.0 Å². The zero-order valence-corrected chi connectivity index (χ0v) is 14.2. The maximum absolute atomic E-state index is 12.8. The number of ether oxygens (including phenoxy) is 1. The Kier molecular flexibility index (Phi) is 3.54. The molecule has 0 saturated carbocycles. The fourth-order valence-corrected chi connectivity index (χ4v) is 3.63. The minimum absolute atomic E-state index is 0.267. The number of nitrogens with zero attached hydrogens (tertiary/aromatic N) is 4. The van der Waals surface area contributed by atoms with Crippen molar-refractivity contribution in [3.05, 3.63) is 58.0 Å². The van der Waals surface area contributed by atoms with Crippen molar-refractivity contribution in [2.75, 3.05) is 7.11 Å². The van der Waals surface area contributed by atoms with Crippen LogP contribution in [0, 0.1) is 6.92 Å². The Labute approximate surface area is 145 Å². The molecule has 0 aliphatic heterocycles. The minimum Gasteiger partial charge on any atom is -0.465 e. The third kappa shape index (κ3) is 2.47. The second-order valence-electron chi connectivity index (χ2n) is 5.43. The number of methoxy groups -OCH3 is 1. The normalized spacial score (nSPS) is 11.1. The Hall–Kier alpha value is -3.13. The van der Waals surface area contributed by atoms with Gasteiger partial charge in [-0.15, -0.1) is 16.4 Å². The molecule has 3 heterocycles. The van der Waals surface area contributed by atoms with Crippen LogP contribution in [-0.4, -0.2) is 33.1 Å². The molecule has 0 bridgehead atoms. The molecule has 7 nitrogen and oxygen atoms in total. The highest BCUT2D eigenvalue weighted by Gasteiger charge is 2.15. The smallest absolute Gasteiger partial charge is 0.337 e. The van der Waals surface area contributed by atoms with Gasteiger partial charge in [-0.2, -0.15) is 4.68 Å². The second kappa shape index (κ2) is 5.75. The van der Waals surface area contributed by atoms with E-state index >= 15 is 0 Å². The molecule has 0 amide bonds. The number of carbonyl (C=O) groups excluding carboxylic acids is 1. The number of benzene rings is 1. The van der Waals surface area contributed by atoms with Crippen LogP contribution in [0.3, 0.4) is 0 Å². The molecule has 124 valence electrons. The fraction of sp³-hybridized carbons (Fsp3) is 0.118. The van der Waals surface area contributed by atoms with Crippen molar-refractivity contribution in [3.63, 3.8) is 0 Å². The zero-order valence-electron chi connectivity index (χ0n) is 13.4. The van der Waals surface area contributed by atoms with E-state index in [4.69, 9.17) is 0 Å². The Morgan fingerprint density at radius 3 is 2.64 bits per heavy atom. The SMILES string of the molecule is COC(=O)c1ccc(-n2nnc3c(sc4nc(C)ccc43)c2=O)cc1. The quantitative estimate of drug-likeness (QED) is 0.515. The molecule has 4 aromatic rings.